The van der Waals surface area contributed by atoms with Gasteiger partial charge in [-0.1, -0.05) is 41.9 Å². The highest BCUT2D eigenvalue weighted by molar-refractivity contribution is 7.89. The van der Waals surface area contributed by atoms with E-state index in [1.165, 1.54) is 0 Å². The van der Waals surface area contributed by atoms with Crippen LogP contribution in [0.15, 0.2) is 64.5 Å². The van der Waals surface area contributed by atoms with Gasteiger partial charge in [0.15, 0.2) is 0 Å². The molecule has 3 fully saturated rings. The molecule has 2 N–H and O–H groups in total. The lowest BCUT2D eigenvalue weighted by Gasteiger charge is -2.72. The average molecular weight is 583 g/mol. The number of benzene rings is 2. The standard InChI is InChI=1S/C27H30ClF3N4O3S/c1-24(2)21(22(36)32-13-12-27(29,30)31)33-23(34-24)25-15-26(16-25,17-25)35(14-18-8-10-19(28)11-9-18)39(37,38)20-6-4-3-5-7-20/h3-11,21H,12-17H2,1-2H3,(H,32,36)(H,33,34)/t21-,25?,26?/m0/s1. The Bertz CT molecular complexity index is 1380. The van der Waals surface area contributed by atoms with Gasteiger partial charge in [-0.05, 0) is 62.9 Å². The van der Waals surface area contributed by atoms with Gasteiger partial charge in [0.25, 0.3) is 0 Å². The summed E-state index contributed by atoms with van der Waals surface area (Å²) in [4.78, 5) is 17.7. The van der Waals surface area contributed by atoms with Gasteiger partial charge in [-0.3, -0.25) is 9.79 Å². The Morgan fingerprint density at radius 2 is 1.72 bits per heavy atom. The van der Waals surface area contributed by atoms with E-state index in [1.54, 1.807) is 60.6 Å². The molecule has 7 nitrogen and oxygen atoms in total. The van der Waals surface area contributed by atoms with Gasteiger partial charge >= 0.3 is 6.18 Å². The highest BCUT2D eigenvalue weighted by Gasteiger charge is 2.75. The van der Waals surface area contributed by atoms with Gasteiger partial charge in [0.2, 0.25) is 15.9 Å². The molecular formula is C27H30ClF3N4O3S. The van der Waals surface area contributed by atoms with Crippen LogP contribution in [-0.4, -0.2) is 54.3 Å². The molecule has 2 aromatic carbocycles. The van der Waals surface area contributed by atoms with Crippen molar-refractivity contribution in [3.8, 4) is 0 Å². The minimum atomic E-state index is -4.36. The SMILES string of the molecule is CC1(C)N=C(C23CC(N(Cc4ccc(Cl)cc4)S(=O)(=O)c4ccccc4)(C2)C3)N[C@H]1C(=O)NCCC(F)(F)F. The third-order valence-corrected chi connectivity index (χ3v) is 10.2. The van der Waals surface area contributed by atoms with Crippen molar-refractivity contribution in [2.75, 3.05) is 6.54 Å². The number of nitrogens with zero attached hydrogens (tertiary/aromatic N) is 2. The maximum absolute atomic E-state index is 13.8. The molecule has 2 bridgehead atoms. The molecule has 0 radical (unpaired) electrons. The number of sulfonamides is 1. The Hall–Kier alpha value is -2.63. The molecule has 39 heavy (non-hydrogen) atoms. The summed E-state index contributed by atoms with van der Waals surface area (Å²) in [5, 5.41) is 6.09. The van der Waals surface area contributed by atoms with E-state index < -0.39 is 57.6 Å². The van der Waals surface area contributed by atoms with E-state index in [9.17, 15) is 26.4 Å². The normalized spacial score (nSPS) is 27.3. The summed E-state index contributed by atoms with van der Waals surface area (Å²) >= 11 is 6.04. The number of amidine groups is 1. The van der Waals surface area contributed by atoms with Crippen molar-refractivity contribution in [1.29, 1.82) is 0 Å². The molecule has 210 valence electrons. The Labute approximate surface area is 230 Å². The Balaban J connectivity index is 1.33. The molecule has 2 aromatic rings. The zero-order chi connectivity index (χ0) is 28.3. The van der Waals surface area contributed by atoms with E-state index in [2.05, 4.69) is 10.6 Å². The quantitative estimate of drug-likeness (QED) is 0.450. The van der Waals surface area contributed by atoms with E-state index in [1.807, 2.05) is 12.1 Å². The molecule has 1 atom stereocenters. The van der Waals surface area contributed by atoms with Gasteiger partial charge in [-0.2, -0.15) is 17.5 Å². The van der Waals surface area contributed by atoms with E-state index >= 15 is 0 Å². The van der Waals surface area contributed by atoms with E-state index in [-0.39, 0.29) is 11.4 Å². The first kappa shape index (κ1) is 27.9. The molecule has 0 spiro atoms. The van der Waals surface area contributed by atoms with Crippen molar-refractivity contribution in [2.24, 2.45) is 10.4 Å². The minimum Gasteiger partial charge on any atom is -0.360 e. The highest BCUT2D eigenvalue weighted by Crippen LogP contribution is 2.71. The first-order valence-electron chi connectivity index (χ1n) is 12.7. The molecule has 3 saturated carbocycles. The summed E-state index contributed by atoms with van der Waals surface area (Å²) < 4.78 is 66.8. The summed E-state index contributed by atoms with van der Waals surface area (Å²) in [7, 11) is -3.83. The zero-order valence-corrected chi connectivity index (χ0v) is 23.1. The minimum absolute atomic E-state index is 0.181. The van der Waals surface area contributed by atoms with Crippen molar-refractivity contribution in [1.82, 2.24) is 14.9 Å². The number of aliphatic imine (C=N–C) groups is 1. The number of rotatable bonds is 9. The van der Waals surface area contributed by atoms with Crippen LogP contribution in [0.2, 0.25) is 5.02 Å². The number of carbonyl (C=O) groups excluding carboxylic acids is 1. The van der Waals surface area contributed by atoms with Crippen LogP contribution < -0.4 is 10.6 Å². The average Bonchev–Trinajstić information content (AvgIpc) is 3.12. The lowest BCUT2D eigenvalue weighted by molar-refractivity contribution is -0.151. The summed E-state index contributed by atoms with van der Waals surface area (Å²) in [5.74, 6) is 0.0780. The van der Waals surface area contributed by atoms with Crippen molar-refractivity contribution >= 4 is 33.4 Å². The van der Waals surface area contributed by atoms with Crippen LogP contribution in [-0.2, 0) is 21.4 Å². The summed E-state index contributed by atoms with van der Waals surface area (Å²) in [5.41, 5.74) is -1.05. The van der Waals surface area contributed by atoms with Crippen LogP contribution in [0.1, 0.15) is 45.1 Å². The number of halogens is 4. The summed E-state index contributed by atoms with van der Waals surface area (Å²) in [6.45, 7) is 3.20. The van der Waals surface area contributed by atoms with Crippen molar-refractivity contribution in [3.05, 3.63) is 65.2 Å². The molecule has 0 unspecified atom stereocenters. The lowest BCUT2D eigenvalue weighted by Crippen LogP contribution is -2.78. The molecule has 3 aliphatic carbocycles. The molecular weight excluding hydrogens is 553 g/mol. The molecule has 1 aliphatic heterocycles. The lowest BCUT2D eigenvalue weighted by atomic mass is 9.38. The molecule has 0 aromatic heterocycles. The second-order valence-electron chi connectivity index (χ2n) is 11.3. The number of hydrogen-bond acceptors (Lipinski definition) is 5. The fraction of sp³-hybridized carbons (Fsp3) is 0.481. The van der Waals surface area contributed by atoms with Crippen LogP contribution in [0.3, 0.4) is 0 Å². The summed E-state index contributed by atoms with van der Waals surface area (Å²) in [6.07, 6.45) is -3.87. The van der Waals surface area contributed by atoms with Crippen LogP contribution in [0.4, 0.5) is 13.2 Å². The summed E-state index contributed by atoms with van der Waals surface area (Å²) in [6, 6.07) is 14.6. The predicted molar refractivity (Wildman–Crippen MR) is 142 cm³/mol. The number of alkyl halides is 3. The van der Waals surface area contributed by atoms with Gasteiger partial charge in [0, 0.05) is 29.1 Å². The largest absolute Gasteiger partial charge is 0.390 e. The number of amides is 1. The molecule has 0 saturated heterocycles. The Kier molecular flexibility index (Phi) is 6.79. The second-order valence-corrected chi connectivity index (χ2v) is 13.6. The van der Waals surface area contributed by atoms with Crippen LogP contribution >= 0.6 is 11.6 Å². The van der Waals surface area contributed by atoms with Gasteiger partial charge in [-0.25, -0.2) is 8.42 Å². The third-order valence-electron chi connectivity index (χ3n) is 7.96. The fourth-order valence-corrected chi connectivity index (χ4v) is 7.92. The topological polar surface area (TPSA) is 90.9 Å². The Morgan fingerprint density at radius 3 is 2.31 bits per heavy atom. The molecule has 4 aliphatic rings. The van der Waals surface area contributed by atoms with Crippen molar-refractivity contribution in [2.45, 2.75) is 74.3 Å². The first-order valence-corrected chi connectivity index (χ1v) is 14.5. The van der Waals surface area contributed by atoms with Gasteiger partial charge in [-0.15, -0.1) is 0 Å². The monoisotopic (exact) mass is 582 g/mol. The maximum atomic E-state index is 13.8. The molecule has 1 amide bonds. The first-order chi connectivity index (χ1) is 18.2. The zero-order valence-electron chi connectivity index (χ0n) is 21.6. The molecule has 1 heterocycles. The van der Waals surface area contributed by atoms with Crippen molar-refractivity contribution in [3.63, 3.8) is 0 Å². The van der Waals surface area contributed by atoms with E-state index in [0.717, 1.165) is 5.56 Å². The molecule has 6 rings (SSSR count). The third kappa shape index (κ3) is 5.16. The van der Waals surface area contributed by atoms with Gasteiger partial charge in [0.1, 0.15) is 11.9 Å². The fourth-order valence-electron chi connectivity index (χ4n) is 6.02. The number of nitrogens with one attached hydrogen (secondary N) is 2. The van der Waals surface area contributed by atoms with Crippen LogP contribution in [0, 0.1) is 5.41 Å². The predicted octanol–water partition coefficient (Wildman–Crippen LogP) is 4.67. The number of carbonyl (C=O) groups is 1. The Morgan fingerprint density at radius 1 is 1.10 bits per heavy atom. The second kappa shape index (κ2) is 9.49. The highest BCUT2D eigenvalue weighted by atomic mass is 35.5. The molecule has 12 heteroatoms. The van der Waals surface area contributed by atoms with E-state index in [4.69, 9.17) is 16.6 Å². The smallest absolute Gasteiger partial charge is 0.360 e. The maximum Gasteiger partial charge on any atom is 0.390 e. The number of hydrogen-bond donors (Lipinski definition) is 2. The van der Waals surface area contributed by atoms with Crippen molar-refractivity contribution < 1.29 is 26.4 Å². The van der Waals surface area contributed by atoms with Gasteiger partial charge in [0.05, 0.1) is 16.9 Å². The van der Waals surface area contributed by atoms with E-state index in [0.29, 0.717) is 30.1 Å². The van der Waals surface area contributed by atoms with Crippen LogP contribution in [0.5, 0.6) is 0 Å². The van der Waals surface area contributed by atoms with Crippen LogP contribution in [0.25, 0.3) is 0 Å². The van der Waals surface area contributed by atoms with Gasteiger partial charge < -0.3 is 10.6 Å².